The number of benzene rings is 5. The van der Waals surface area contributed by atoms with Crippen LogP contribution in [0, 0.1) is 6.92 Å². The van der Waals surface area contributed by atoms with Gasteiger partial charge in [0.25, 0.3) is 5.56 Å². The number of hydrogen-bond acceptors (Lipinski definition) is 6. The van der Waals surface area contributed by atoms with Gasteiger partial charge in [0.2, 0.25) is 0 Å². The minimum atomic E-state index is -1.06. The van der Waals surface area contributed by atoms with E-state index in [1.807, 2.05) is 101 Å². The van der Waals surface area contributed by atoms with Crippen molar-refractivity contribution in [2.75, 3.05) is 0 Å². The fourth-order valence-electron chi connectivity index (χ4n) is 6.98. The number of aromatic nitrogens is 6. The molecular weight excluding hydrogens is 637 g/mol. The summed E-state index contributed by atoms with van der Waals surface area (Å²) in [5.41, 5.74) is 6.31. The number of aliphatic carboxylic acids is 1. The number of hydrogen-bond donors (Lipinski definition) is 1. The van der Waals surface area contributed by atoms with Crippen molar-refractivity contribution >= 4 is 5.97 Å². The topological polar surface area (TPSA) is 116 Å². The smallest absolute Gasteiger partial charge is 0.308 e. The molecule has 9 nitrogen and oxygen atoms in total. The van der Waals surface area contributed by atoms with Crippen molar-refractivity contribution in [2.24, 2.45) is 0 Å². The molecule has 0 bridgehead atoms. The van der Waals surface area contributed by atoms with E-state index in [9.17, 15) is 14.7 Å². The van der Waals surface area contributed by atoms with Gasteiger partial charge < -0.3 is 9.67 Å². The average molecular weight is 673 g/mol. The molecule has 0 aliphatic carbocycles. The van der Waals surface area contributed by atoms with Gasteiger partial charge in [0.05, 0.1) is 6.42 Å². The van der Waals surface area contributed by atoms with Gasteiger partial charge in [-0.25, -0.2) is 4.68 Å². The fourth-order valence-corrected chi connectivity index (χ4v) is 6.98. The number of nitrogens with zero attached hydrogens (tertiary/aromatic N) is 6. The summed E-state index contributed by atoms with van der Waals surface area (Å²) in [4.78, 5) is 28.3. The zero-order chi connectivity index (χ0) is 35.4. The quantitative estimate of drug-likeness (QED) is 0.148. The van der Waals surface area contributed by atoms with E-state index in [2.05, 4.69) is 69.9 Å². The van der Waals surface area contributed by atoms with Crippen molar-refractivity contribution in [2.45, 2.75) is 38.8 Å². The highest BCUT2D eigenvalue weighted by atomic mass is 16.4. The lowest BCUT2D eigenvalue weighted by Gasteiger charge is -2.36. The van der Waals surface area contributed by atoms with E-state index < -0.39 is 17.1 Å². The first-order valence-electron chi connectivity index (χ1n) is 16.9. The van der Waals surface area contributed by atoms with Gasteiger partial charge >= 0.3 is 5.97 Å². The SMILES string of the molecule is CCc1nc(=O)c(CC(=O)O)c(C)n1Cc1ccc(-c2ccccc2-c2nnnn2C(c2ccccc2)(c2ccccc2)c2ccccc2)cc1. The molecule has 9 heteroatoms. The molecule has 0 saturated heterocycles. The lowest BCUT2D eigenvalue weighted by molar-refractivity contribution is -0.136. The average Bonchev–Trinajstić information content (AvgIpc) is 3.66. The number of tetrazole rings is 1. The Balaban J connectivity index is 1.34. The van der Waals surface area contributed by atoms with Gasteiger partial charge in [-0.3, -0.25) is 9.59 Å². The van der Waals surface area contributed by atoms with Crippen LogP contribution in [0.25, 0.3) is 22.5 Å². The van der Waals surface area contributed by atoms with Gasteiger partial charge in [0.15, 0.2) is 5.82 Å². The highest BCUT2D eigenvalue weighted by Crippen LogP contribution is 2.43. The third-order valence-electron chi connectivity index (χ3n) is 9.42. The molecule has 51 heavy (non-hydrogen) atoms. The lowest BCUT2D eigenvalue weighted by atomic mass is 9.77. The Bertz CT molecular complexity index is 2260. The van der Waals surface area contributed by atoms with E-state index in [0.717, 1.165) is 38.9 Å². The molecule has 0 unspecified atom stereocenters. The zero-order valence-corrected chi connectivity index (χ0v) is 28.3. The number of carboxylic acid groups (broad SMARTS) is 1. The molecule has 0 saturated carbocycles. The summed E-state index contributed by atoms with van der Waals surface area (Å²) in [6.07, 6.45) is 0.178. The predicted octanol–water partition coefficient (Wildman–Crippen LogP) is 6.95. The van der Waals surface area contributed by atoms with Gasteiger partial charge in [0.1, 0.15) is 11.4 Å². The molecule has 7 aromatic rings. The van der Waals surface area contributed by atoms with Gasteiger partial charge in [-0.05, 0) is 50.7 Å². The Morgan fingerprint density at radius 2 is 1.25 bits per heavy atom. The maximum Gasteiger partial charge on any atom is 0.308 e. The van der Waals surface area contributed by atoms with E-state index in [-0.39, 0.29) is 12.0 Å². The second-order valence-electron chi connectivity index (χ2n) is 12.4. The highest BCUT2D eigenvalue weighted by Gasteiger charge is 2.42. The van der Waals surface area contributed by atoms with E-state index in [4.69, 9.17) is 5.21 Å². The Labute approximate surface area is 295 Å². The van der Waals surface area contributed by atoms with E-state index >= 15 is 0 Å². The molecule has 2 aromatic heterocycles. The molecule has 1 N–H and O–H groups in total. The van der Waals surface area contributed by atoms with Crippen LogP contribution >= 0.6 is 0 Å². The molecule has 0 spiro atoms. The summed E-state index contributed by atoms with van der Waals surface area (Å²) in [5.74, 6) is 0.168. The molecule has 2 heterocycles. The highest BCUT2D eigenvalue weighted by molar-refractivity contribution is 5.81. The number of carbonyl (C=O) groups is 1. The van der Waals surface area contributed by atoms with Gasteiger partial charge in [-0.15, -0.1) is 5.10 Å². The predicted molar refractivity (Wildman–Crippen MR) is 196 cm³/mol. The van der Waals surface area contributed by atoms with Crippen molar-refractivity contribution in [3.63, 3.8) is 0 Å². The Morgan fingerprint density at radius 1 is 0.725 bits per heavy atom. The van der Waals surface area contributed by atoms with Crippen LogP contribution in [0.3, 0.4) is 0 Å². The van der Waals surface area contributed by atoms with E-state index in [1.54, 1.807) is 6.92 Å². The monoisotopic (exact) mass is 672 g/mol. The minimum Gasteiger partial charge on any atom is -0.481 e. The largest absolute Gasteiger partial charge is 0.481 e. The van der Waals surface area contributed by atoms with Crippen LogP contribution in [-0.4, -0.2) is 40.8 Å². The van der Waals surface area contributed by atoms with E-state index in [1.165, 1.54) is 0 Å². The van der Waals surface area contributed by atoms with Crippen molar-refractivity contribution in [1.29, 1.82) is 0 Å². The van der Waals surface area contributed by atoms with Crippen LogP contribution < -0.4 is 5.56 Å². The van der Waals surface area contributed by atoms with Crippen LogP contribution in [0.2, 0.25) is 0 Å². The number of rotatable bonds is 11. The zero-order valence-electron chi connectivity index (χ0n) is 28.3. The Kier molecular flexibility index (Phi) is 9.18. The van der Waals surface area contributed by atoms with Crippen molar-refractivity contribution in [3.05, 3.63) is 189 Å². The minimum absolute atomic E-state index is 0.209. The van der Waals surface area contributed by atoms with Crippen LogP contribution in [0.1, 0.15) is 46.3 Å². The van der Waals surface area contributed by atoms with Crippen molar-refractivity contribution < 1.29 is 9.90 Å². The van der Waals surface area contributed by atoms with Crippen LogP contribution in [0.5, 0.6) is 0 Å². The molecular formula is C42H36N6O3. The molecule has 0 fully saturated rings. The standard InChI is InChI=1S/C42H36N6O3/c1-3-38-43-41(51)37(27-39(49)50)29(2)47(38)28-30-23-25-31(26-24-30)35-21-13-14-22-36(35)40-44-45-46-48(40)42(32-15-7-4-8-16-32,33-17-9-5-10-18-33)34-19-11-6-12-20-34/h4-26H,3,27-28H2,1-2H3,(H,49,50). The molecule has 0 atom stereocenters. The van der Waals surface area contributed by atoms with Gasteiger partial charge in [-0.1, -0.05) is 146 Å². The maximum atomic E-state index is 12.6. The third kappa shape index (κ3) is 6.14. The summed E-state index contributed by atoms with van der Waals surface area (Å²) in [6, 6.07) is 47.3. The van der Waals surface area contributed by atoms with Gasteiger partial charge in [-0.2, -0.15) is 4.98 Å². The van der Waals surface area contributed by atoms with Crippen LogP contribution in [0.15, 0.2) is 144 Å². The van der Waals surface area contributed by atoms with Gasteiger partial charge in [0, 0.05) is 29.8 Å². The summed E-state index contributed by atoms with van der Waals surface area (Å²) < 4.78 is 3.88. The first-order valence-corrected chi connectivity index (χ1v) is 16.9. The van der Waals surface area contributed by atoms with Crippen molar-refractivity contribution in [1.82, 2.24) is 29.8 Å². The van der Waals surface area contributed by atoms with Crippen molar-refractivity contribution in [3.8, 4) is 22.5 Å². The van der Waals surface area contributed by atoms with Crippen LogP contribution in [0.4, 0.5) is 0 Å². The Morgan fingerprint density at radius 3 is 1.78 bits per heavy atom. The summed E-state index contributed by atoms with van der Waals surface area (Å²) in [5, 5.41) is 23.1. The summed E-state index contributed by atoms with van der Waals surface area (Å²) in [7, 11) is 0. The molecule has 5 aromatic carbocycles. The fraction of sp³-hybridized carbons (Fsp3) is 0.143. The second-order valence-corrected chi connectivity index (χ2v) is 12.4. The first-order chi connectivity index (χ1) is 24.9. The molecule has 0 radical (unpaired) electrons. The third-order valence-corrected chi connectivity index (χ3v) is 9.42. The summed E-state index contributed by atoms with van der Waals surface area (Å²) in [6.45, 7) is 4.17. The molecule has 0 aliphatic rings. The lowest BCUT2D eigenvalue weighted by Crippen LogP contribution is -2.39. The first kappa shape index (κ1) is 33.0. The summed E-state index contributed by atoms with van der Waals surface area (Å²) >= 11 is 0. The molecule has 0 amide bonds. The molecule has 7 rings (SSSR count). The Hall–Kier alpha value is -6.48. The van der Waals surface area contributed by atoms with E-state index in [0.29, 0.717) is 30.3 Å². The molecule has 0 aliphatic heterocycles. The second kappa shape index (κ2) is 14.2. The molecule has 252 valence electrons. The normalized spacial score (nSPS) is 11.4. The number of aryl methyl sites for hydroxylation is 1. The number of carboxylic acids is 1. The maximum absolute atomic E-state index is 12.6. The van der Waals surface area contributed by atoms with Crippen LogP contribution in [-0.2, 0) is 29.7 Å².